The Kier molecular flexibility index (Phi) is 2.75. The number of hydrogen-bond acceptors (Lipinski definition) is 2. The van der Waals surface area contributed by atoms with Crippen molar-refractivity contribution in [3.05, 3.63) is 0 Å². The molecule has 1 heterocycles. The van der Waals surface area contributed by atoms with Crippen LogP contribution in [0.3, 0.4) is 0 Å². The van der Waals surface area contributed by atoms with Gasteiger partial charge in [0.15, 0.2) is 0 Å². The molecule has 0 aromatic rings. The van der Waals surface area contributed by atoms with E-state index in [0.717, 1.165) is 19.5 Å². The van der Waals surface area contributed by atoms with Gasteiger partial charge in [-0.3, -0.25) is 9.69 Å². The van der Waals surface area contributed by atoms with Gasteiger partial charge in [0.05, 0.1) is 0 Å². The summed E-state index contributed by atoms with van der Waals surface area (Å²) in [6.45, 7) is 6.86. The Morgan fingerprint density at radius 1 is 1.40 bits per heavy atom. The van der Waals surface area contributed by atoms with E-state index in [0.29, 0.717) is 23.8 Å². The Balaban J connectivity index is 1.89. The maximum Gasteiger partial charge on any atom is 0.303 e. The molecule has 2 aliphatic rings. The van der Waals surface area contributed by atoms with Crippen LogP contribution in [0, 0.1) is 11.3 Å². The minimum absolute atomic E-state index is 0.363. The van der Waals surface area contributed by atoms with Gasteiger partial charge >= 0.3 is 5.97 Å². The van der Waals surface area contributed by atoms with E-state index in [1.807, 2.05) is 0 Å². The zero-order chi connectivity index (χ0) is 11.1. The molecular weight excluding hydrogens is 190 g/mol. The third-order valence-electron chi connectivity index (χ3n) is 3.79. The van der Waals surface area contributed by atoms with Gasteiger partial charge in [-0.2, -0.15) is 0 Å². The van der Waals surface area contributed by atoms with E-state index in [9.17, 15) is 4.79 Å². The van der Waals surface area contributed by atoms with Crippen LogP contribution in [0.25, 0.3) is 0 Å². The van der Waals surface area contributed by atoms with Crippen molar-refractivity contribution in [1.29, 1.82) is 0 Å². The molecule has 3 nitrogen and oxygen atoms in total. The highest BCUT2D eigenvalue weighted by Gasteiger charge is 2.42. The second-order valence-electron chi connectivity index (χ2n) is 5.93. The van der Waals surface area contributed by atoms with Crippen molar-refractivity contribution < 1.29 is 9.90 Å². The summed E-state index contributed by atoms with van der Waals surface area (Å²) < 4.78 is 0. The SMILES string of the molecule is CC1(C)CN(C2CCCC2CC(=O)O)C1. The van der Waals surface area contributed by atoms with Crippen molar-refractivity contribution in [1.82, 2.24) is 4.90 Å². The molecule has 0 aromatic heterocycles. The van der Waals surface area contributed by atoms with Crippen LogP contribution in [0.5, 0.6) is 0 Å². The van der Waals surface area contributed by atoms with Crippen LogP contribution in [-0.2, 0) is 4.79 Å². The summed E-state index contributed by atoms with van der Waals surface area (Å²) in [6, 6.07) is 0.550. The Morgan fingerprint density at radius 3 is 2.60 bits per heavy atom. The number of carboxylic acids is 1. The van der Waals surface area contributed by atoms with Crippen molar-refractivity contribution in [2.24, 2.45) is 11.3 Å². The van der Waals surface area contributed by atoms with Crippen molar-refractivity contribution in [3.63, 3.8) is 0 Å². The Labute approximate surface area is 91.5 Å². The van der Waals surface area contributed by atoms with Gasteiger partial charge in [-0.25, -0.2) is 0 Å². The van der Waals surface area contributed by atoms with E-state index in [1.54, 1.807) is 0 Å². The van der Waals surface area contributed by atoms with Crippen LogP contribution in [0.1, 0.15) is 39.5 Å². The summed E-state index contributed by atoms with van der Waals surface area (Å²) >= 11 is 0. The smallest absolute Gasteiger partial charge is 0.303 e. The van der Waals surface area contributed by atoms with E-state index in [1.165, 1.54) is 12.8 Å². The first kappa shape index (κ1) is 10.9. The molecule has 15 heavy (non-hydrogen) atoms. The Hall–Kier alpha value is -0.570. The summed E-state index contributed by atoms with van der Waals surface area (Å²) in [7, 11) is 0. The van der Waals surface area contributed by atoms with Crippen molar-refractivity contribution in [2.75, 3.05) is 13.1 Å². The number of aliphatic carboxylic acids is 1. The van der Waals surface area contributed by atoms with E-state index in [4.69, 9.17) is 5.11 Å². The van der Waals surface area contributed by atoms with Crippen molar-refractivity contribution >= 4 is 5.97 Å². The molecule has 1 aliphatic heterocycles. The first-order valence-corrected chi connectivity index (χ1v) is 5.94. The summed E-state index contributed by atoms with van der Waals surface area (Å²) in [5, 5.41) is 8.85. The second-order valence-corrected chi connectivity index (χ2v) is 5.93. The molecule has 0 radical (unpaired) electrons. The molecule has 2 rings (SSSR count). The van der Waals surface area contributed by atoms with E-state index >= 15 is 0 Å². The highest BCUT2D eigenvalue weighted by atomic mass is 16.4. The van der Waals surface area contributed by atoms with Crippen LogP contribution in [-0.4, -0.2) is 35.1 Å². The van der Waals surface area contributed by atoms with Gasteiger partial charge < -0.3 is 5.11 Å². The number of likely N-dealkylation sites (tertiary alicyclic amines) is 1. The van der Waals surface area contributed by atoms with Gasteiger partial charge in [-0.05, 0) is 24.2 Å². The highest BCUT2D eigenvalue weighted by Crippen LogP contribution is 2.39. The van der Waals surface area contributed by atoms with Gasteiger partial charge in [-0.1, -0.05) is 20.3 Å². The number of carbonyl (C=O) groups is 1. The summed E-state index contributed by atoms with van der Waals surface area (Å²) in [5.74, 6) is -0.231. The second kappa shape index (κ2) is 3.78. The Morgan fingerprint density at radius 2 is 2.07 bits per heavy atom. The van der Waals surface area contributed by atoms with Crippen LogP contribution in [0.4, 0.5) is 0 Å². The molecule has 86 valence electrons. The summed E-state index contributed by atoms with van der Waals surface area (Å²) in [6.07, 6.45) is 3.88. The number of rotatable bonds is 3. The molecular formula is C12H21NO2. The zero-order valence-corrected chi connectivity index (χ0v) is 9.70. The minimum Gasteiger partial charge on any atom is -0.481 e. The molecule has 0 bridgehead atoms. The average Bonchev–Trinajstić information content (AvgIpc) is 2.46. The molecule has 0 aromatic carbocycles. The van der Waals surface area contributed by atoms with E-state index in [-0.39, 0.29) is 0 Å². The van der Waals surface area contributed by atoms with Gasteiger partial charge in [0.1, 0.15) is 0 Å². The van der Waals surface area contributed by atoms with Crippen LogP contribution >= 0.6 is 0 Å². The lowest BCUT2D eigenvalue weighted by Crippen LogP contribution is -2.58. The fourth-order valence-corrected chi connectivity index (χ4v) is 3.25. The molecule has 1 saturated carbocycles. The first-order valence-electron chi connectivity index (χ1n) is 5.94. The number of carboxylic acid groups (broad SMARTS) is 1. The van der Waals surface area contributed by atoms with Gasteiger partial charge in [0, 0.05) is 25.6 Å². The third kappa shape index (κ3) is 2.33. The van der Waals surface area contributed by atoms with Crippen LogP contribution < -0.4 is 0 Å². The number of hydrogen-bond donors (Lipinski definition) is 1. The fraction of sp³-hybridized carbons (Fsp3) is 0.917. The molecule has 2 atom stereocenters. The lowest BCUT2D eigenvalue weighted by atomic mass is 9.81. The van der Waals surface area contributed by atoms with Crippen LogP contribution in [0.15, 0.2) is 0 Å². The lowest BCUT2D eigenvalue weighted by molar-refractivity contribution is -0.139. The number of nitrogens with zero attached hydrogens (tertiary/aromatic N) is 1. The molecule has 1 saturated heterocycles. The Bertz CT molecular complexity index is 254. The largest absolute Gasteiger partial charge is 0.481 e. The summed E-state index contributed by atoms with van der Waals surface area (Å²) in [5.41, 5.74) is 0.455. The molecule has 2 fully saturated rings. The molecule has 0 amide bonds. The van der Waals surface area contributed by atoms with Gasteiger partial charge in [0.2, 0.25) is 0 Å². The topological polar surface area (TPSA) is 40.5 Å². The molecule has 1 N–H and O–H groups in total. The van der Waals surface area contributed by atoms with Crippen molar-refractivity contribution in [2.45, 2.75) is 45.6 Å². The van der Waals surface area contributed by atoms with E-state index < -0.39 is 5.97 Å². The standard InChI is InChI=1S/C12H21NO2/c1-12(2)7-13(8-12)10-5-3-4-9(10)6-11(14)15/h9-10H,3-8H2,1-2H3,(H,14,15). The lowest BCUT2D eigenvalue weighted by Gasteiger charge is -2.50. The van der Waals surface area contributed by atoms with Gasteiger partial charge in [-0.15, -0.1) is 0 Å². The normalized spacial score (nSPS) is 35.1. The monoisotopic (exact) mass is 211 g/mol. The zero-order valence-electron chi connectivity index (χ0n) is 9.70. The van der Waals surface area contributed by atoms with Crippen LogP contribution in [0.2, 0.25) is 0 Å². The predicted molar refractivity (Wildman–Crippen MR) is 58.7 cm³/mol. The maximum atomic E-state index is 10.7. The predicted octanol–water partition coefficient (Wildman–Crippen LogP) is 1.97. The minimum atomic E-state index is -0.633. The molecule has 2 unspecified atom stereocenters. The average molecular weight is 211 g/mol. The first-order chi connectivity index (χ1) is 6.98. The highest BCUT2D eigenvalue weighted by molar-refractivity contribution is 5.67. The van der Waals surface area contributed by atoms with Crippen molar-refractivity contribution in [3.8, 4) is 0 Å². The quantitative estimate of drug-likeness (QED) is 0.776. The molecule has 1 aliphatic carbocycles. The fourth-order valence-electron chi connectivity index (χ4n) is 3.25. The molecule has 0 spiro atoms. The third-order valence-corrected chi connectivity index (χ3v) is 3.79. The summed E-state index contributed by atoms with van der Waals surface area (Å²) in [4.78, 5) is 13.2. The van der Waals surface area contributed by atoms with Gasteiger partial charge in [0.25, 0.3) is 0 Å². The van der Waals surface area contributed by atoms with E-state index in [2.05, 4.69) is 18.7 Å². The molecule has 3 heteroatoms. The maximum absolute atomic E-state index is 10.7.